The van der Waals surface area contributed by atoms with E-state index in [4.69, 9.17) is 9.47 Å². The quantitative estimate of drug-likeness (QED) is 0.633. The number of ether oxygens (including phenoxy) is 2. The third-order valence-corrected chi connectivity index (χ3v) is 4.01. The molecular weight excluding hydrogens is 340 g/mol. The van der Waals surface area contributed by atoms with E-state index in [1.54, 1.807) is 0 Å². The van der Waals surface area contributed by atoms with Gasteiger partial charge in [0.1, 0.15) is 12.2 Å². The van der Waals surface area contributed by atoms with Crippen LogP contribution in [0.3, 0.4) is 0 Å². The summed E-state index contributed by atoms with van der Waals surface area (Å²) >= 11 is 0. The van der Waals surface area contributed by atoms with Gasteiger partial charge in [-0.15, -0.1) is 0 Å². The van der Waals surface area contributed by atoms with Gasteiger partial charge in [0.15, 0.2) is 0 Å². The second-order valence-corrected chi connectivity index (χ2v) is 7.61. The normalized spacial score (nSPS) is 12.3. The first-order valence-electron chi connectivity index (χ1n) is 9.30. The highest BCUT2D eigenvalue weighted by atomic mass is 16.6. The van der Waals surface area contributed by atoms with Crippen molar-refractivity contribution in [2.45, 2.75) is 52.2 Å². The summed E-state index contributed by atoms with van der Waals surface area (Å²) < 4.78 is 10.8. The Morgan fingerprint density at radius 3 is 2.00 bits per heavy atom. The summed E-state index contributed by atoms with van der Waals surface area (Å²) in [5, 5.41) is 0. The van der Waals surface area contributed by atoms with Crippen molar-refractivity contribution in [3.05, 3.63) is 71.8 Å². The number of benzene rings is 2. The van der Waals surface area contributed by atoms with Gasteiger partial charge in [0.05, 0.1) is 12.3 Å². The number of aryl methyl sites for hydroxylation is 1. The van der Waals surface area contributed by atoms with Crippen molar-refractivity contribution in [3.8, 4) is 0 Å². The van der Waals surface area contributed by atoms with Crippen LogP contribution in [-0.2, 0) is 32.1 Å². The van der Waals surface area contributed by atoms with Crippen LogP contribution in [0.15, 0.2) is 60.7 Å². The monoisotopic (exact) mass is 368 g/mol. The minimum Gasteiger partial charge on any atom is -0.461 e. The van der Waals surface area contributed by atoms with E-state index in [0.29, 0.717) is 12.8 Å². The van der Waals surface area contributed by atoms with Crippen molar-refractivity contribution in [2.24, 2.45) is 5.92 Å². The summed E-state index contributed by atoms with van der Waals surface area (Å²) in [4.78, 5) is 24.8. The zero-order chi connectivity index (χ0) is 19.7. The van der Waals surface area contributed by atoms with Crippen LogP contribution in [0.5, 0.6) is 0 Å². The summed E-state index contributed by atoms with van der Waals surface area (Å²) in [5.74, 6) is -1.26. The van der Waals surface area contributed by atoms with Crippen LogP contribution in [0, 0.1) is 5.92 Å². The minimum atomic E-state index is -0.574. The molecule has 27 heavy (non-hydrogen) atoms. The Bertz CT molecular complexity index is 717. The minimum absolute atomic E-state index is 0.0255. The Labute approximate surface area is 161 Å². The van der Waals surface area contributed by atoms with E-state index in [-0.39, 0.29) is 25.0 Å². The molecule has 2 rings (SSSR count). The molecule has 0 N–H and O–H groups in total. The van der Waals surface area contributed by atoms with E-state index in [2.05, 4.69) is 0 Å². The maximum atomic E-state index is 12.6. The SMILES string of the molecule is CC(C)(C)OC(=O)C[C@@H](CCc1ccccc1)C(=O)OCc1ccccc1. The molecule has 0 heterocycles. The van der Waals surface area contributed by atoms with Crippen LogP contribution >= 0.6 is 0 Å². The summed E-state index contributed by atoms with van der Waals surface area (Å²) in [6, 6.07) is 19.4. The number of esters is 2. The lowest BCUT2D eigenvalue weighted by atomic mass is 9.96. The first-order chi connectivity index (χ1) is 12.8. The standard InChI is InChI=1S/C23H28O4/c1-23(2,3)27-21(24)16-20(15-14-18-10-6-4-7-11-18)22(25)26-17-19-12-8-5-9-13-19/h4-13,20H,14-17H2,1-3H3/t20-/m1/s1. The third-order valence-electron chi connectivity index (χ3n) is 4.01. The summed E-state index contributed by atoms with van der Waals surface area (Å²) in [7, 11) is 0. The molecule has 0 aliphatic heterocycles. The topological polar surface area (TPSA) is 52.6 Å². The molecular formula is C23H28O4. The number of carbonyl (C=O) groups is 2. The van der Waals surface area contributed by atoms with Crippen LogP contribution < -0.4 is 0 Å². The van der Waals surface area contributed by atoms with Crippen LogP contribution in [0.25, 0.3) is 0 Å². The van der Waals surface area contributed by atoms with E-state index < -0.39 is 11.5 Å². The molecule has 0 aliphatic rings. The predicted octanol–water partition coefficient (Wildman–Crippen LogP) is 4.71. The molecule has 2 aromatic carbocycles. The first kappa shape index (κ1) is 20.7. The molecule has 4 nitrogen and oxygen atoms in total. The number of rotatable bonds is 8. The molecule has 1 atom stereocenters. The first-order valence-corrected chi connectivity index (χ1v) is 9.30. The molecule has 0 spiro atoms. The van der Waals surface area contributed by atoms with Crippen molar-refractivity contribution in [1.29, 1.82) is 0 Å². The van der Waals surface area contributed by atoms with Crippen molar-refractivity contribution < 1.29 is 19.1 Å². The molecule has 144 valence electrons. The Morgan fingerprint density at radius 2 is 1.44 bits per heavy atom. The molecule has 0 unspecified atom stereocenters. The highest BCUT2D eigenvalue weighted by molar-refractivity contribution is 5.80. The molecule has 0 bridgehead atoms. The van der Waals surface area contributed by atoms with E-state index in [9.17, 15) is 9.59 Å². The molecule has 0 radical (unpaired) electrons. The van der Waals surface area contributed by atoms with Crippen molar-refractivity contribution in [3.63, 3.8) is 0 Å². The maximum Gasteiger partial charge on any atom is 0.309 e. The molecule has 0 saturated carbocycles. The van der Waals surface area contributed by atoms with Crippen molar-refractivity contribution in [2.75, 3.05) is 0 Å². The van der Waals surface area contributed by atoms with Crippen molar-refractivity contribution >= 4 is 11.9 Å². The Morgan fingerprint density at radius 1 is 0.889 bits per heavy atom. The van der Waals surface area contributed by atoms with E-state index in [0.717, 1.165) is 11.1 Å². The molecule has 2 aromatic rings. The lowest BCUT2D eigenvalue weighted by molar-refractivity contribution is -0.162. The summed E-state index contributed by atoms with van der Waals surface area (Å²) in [6.45, 7) is 5.66. The average Bonchev–Trinajstić information content (AvgIpc) is 2.63. The van der Waals surface area contributed by atoms with Gasteiger partial charge in [-0.1, -0.05) is 60.7 Å². The summed E-state index contributed by atoms with van der Waals surface area (Å²) in [6.07, 6.45) is 1.27. The highest BCUT2D eigenvalue weighted by Gasteiger charge is 2.26. The van der Waals surface area contributed by atoms with E-state index in [1.807, 2.05) is 81.4 Å². The van der Waals surface area contributed by atoms with Gasteiger partial charge in [0.2, 0.25) is 0 Å². The van der Waals surface area contributed by atoms with Gasteiger partial charge in [-0.25, -0.2) is 0 Å². The van der Waals surface area contributed by atoms with Gasteiger partial charge in [-0.3, -0.25) is 9.59 Å². The molecule has 0 aromatic heterocycles. The zero-order valence-electron chi connectivity index (χ0n) is 16.3. The fourth-order valence-corrected chi connectivity index (χ4v) is 2.72. The Kier molecular flexibility index (Phi) is 7.59. The Balaban J connectivity index is 1.98. The molecule has 0 fully saturated rings. The number of carbonyl (C=O) groups excluding carboxylic acids is 2. The molecule has 0 saturated heterocycles. The Hall–Kier alpha value is -2.62. The summed E-state index contributed by atoms with van der Waals surface area (Å²) in [5.41, 5.74) is 1.47. The van der Waals surface area contributed by atoms with Gasteiger partial charge >= 0.3 is 11.9 Å². The van der Waals surface area contributed by atoms with Crippen LogP contribution in [-0.4, -0.2) is 17.5 Å². The smallest absolute Gasteiger partial charge is 0.309 e. The van der Waals surface area contributed by atoms with E-state index in [1.165, 1.54) is 0 Å². The van der Waals surface area contributed by atoms with Gasteiger partial charge in [0, 0.05) is 0 Å². The maximum absolute atomic E-state index is 12.6. The van der Waals surface area contributed by atoms with Gasteiger partial charge < -0.3 is 9.47 Å². The van der Waals surface area contributed by atoms with Gasteiger partial charge in [-0.05, 0) is 44.7 Å². The molecule has 4 heteroatoms. The lowest BCUT2D eigenvalue weighted by Crippen LogP contribution is -2.28. The van der Waals surface area contributed by atoms with E-state index >= 15 is 0 Å². The fourth-order valence-electron chi connectivity index (χ4n) is 2.72. The fraction of sp³-hybridized carbons (Fsp3) is 0.391. The highest BCUT2D eigenvalue weighted by Crippen LogP contribution is 2.19. The van der Waals surface area contributed by atoms with Crippen molar-refractivity contribution in [1.82, 2.24) is 0 Å². The van der Waals surface area contributed by atoms with Crippen LogP contribution in [0.4, 0.5) is 0 Å². The lowest BCUT2D eigenvalue weighted by Gasteiger charge is -2.22. The second kappa shape index (κ2) is 9.91. The number of hydrogen-bond acceptors (Lipinski definition) is 4. The molecule has 0 aliphatic carbocycles. The van der Waals surface area contributed by atoms with Gasteiger partial charge in [-0.2, -0.15) is 0 Å². The average molecular weight is 368 g/mol. The van der Waals surface area contributed by atoms with Crippen LogP contribution in [0.1, 0.15) is 44.7 Å². The molecule has 0 amide bonds. The number of hydrogen-bond donors (Lipinski definition) is 0. The third kappa shape index (κ3) is 8.07. The second-order valence-electron chi connectivity index (χ2n) is 7.61. The van der Waals surface area contributed by atoms with Crippen LogP contribution in [0.2, 0.25) is 0 Å². The predicted molar refractivity (Wildman–Crippen MR) is 105 cm³/mol. The largest absolute Gasteiger partial charge is 0.461 e. The van der Waals surface area contributed by atoms with Gasteiger partial charge in [0.25, 0.3) is 0 Å². The zero-order valence-corrected chi connectivity index (χ0v) is 16.3.